The van der Waals surface area contributed by atoms with E-state index in [-0.39, 0.29) is 25.4 Å². The van der Waals surface area contributed by atoms with Gasteiger partial charge < -0.3 is 88.8 Å². The summed E-state index contributed by atoms with van der Waals surface area (Å²) in [6.07, 6.45) is -13.3. The van der Waals surface area contributed by atoms with E-state index in [1.54, 1.807) is 0 Å². The molecule has 2 aliphatic carbocycles. The molecular formula is C25H47N7O11. The molecule has 5 rings (SSSR count). The molecule has 18 nitrogen and oxygen atoms in total. The van der Waals surface area contributed by atoms with Gasteiger partial charge in [0.15, 0.2) is 11.9 Å². The number of ether oxygens (including phenoxy) is 3. The van der Waals surface area contributed by atoms with Crippen LogP contribution in [-0.4, -0.2) is 171 Å². The molecule has 43 heavy (non-hydrogen) atoms. The molecule has 3 heterocycles. The predicted molar refractivity (Wildman–Crippen MR) is 145 cm³/mol. The van der Waals surface area contributed by atoms with Gasteiger partial charge >= 0.3 is 0 Å². The van der Waals surface area contributed by atoms with Crippen LogP contribution in [0.3, 0.4) is 0 Å². The van der Waals surface area contributed by atoms with Crippen LogP contribution in [0.4, 0.5) is 0 Å². The van der Waals surface area contributed by atoms with E-state index < -0.39 is 115 Å². The number of carbonyl (C=O) groups excluding carboxylic acids is 1. The second kappa shape index (κ2) is 12.9. The Balaban J connectivity index is 1.44. The number of amides is 1. The number of nitrogens with two attached hydrogens (primary N) is 4. The van der Waals surface area contributed by atoms with Gasteiger partial charge in [-0.05, 0) is 6.42 Å². The summed E-state index contributed by atoms with van der Waals surface area (Å²) in [4.78, 5) is 13.0. The molecule has 17 unspecified atom stereocenters. The zero-order valence-electron chi connectivity index (χ0n) is 23.6. The van der Waals surface area contributed by atoms with Crippen LogP contribution >= 0.6 is 0 Å². The van der Waals surface area contributed by atoms with E-state index >= 15 is 0 Å². The molecule has 17 atom stereocenters. The molecule has 18 N–H and O–H groups in total. The van der Waals surface area contributed by atoms with Gasteiger partial charge in [-0.15, -0.1) is 0 Å². The van der Waals surface area contributed by atoms with Gasteiger partial charge in [0, 0.05) is 50.1 Å². The van der Waals surface area contributed by atoms with E-state index in [0.29, 0.717) is 13.1 Å². The quantitative estimate of drug-likeness (QED) is 0.114. The van der Waals surface area contributed by atoms with Crippen molar-refractivity contribution in [3.63, 3.8) is 0 Å². The van der Waals surface area contributed by atoms with Crippen LogP contribution in [-0.2, 0) is 19.0 Å². The maximum absolute atomic E-state index is 13.0. The molecule has 3 saturated heterocycles. The maximum Gasteiger partial charge on any atom is 0.253 e. The summed E-state index contributed by atoms with van der Waals surface area (Å²) in [6, 6.07) is -4.90. The lowest BCUT2D eigenvalue weighted by molar-refractivity contribution is -0.308. The molecule has 248 valence electrons. The minimum absolute atomic E-state index is 0.0200. The van der Waals surface area contributed by atoms with Gasteiger partial charge in [0.1, 0.15) is 36.6 Å². The molecule has 0 spiro atoms. The second-order valence-electron chi connectivity index (χ2n) is 12.6. The number of aliphatic hydroxyl groups excluding tert-OH is 6. The third-order valence-corrected chi connectivity index (χ3v) is 9.68. The fourth-order valence-electron chi connectivity index (χ4n) is 6.65. The molecule has 5 fully saturated rings. The average molecular weight is 622 g/mol. The van der Waals surface area contributed by atoms with Gasteiger partial charge in [-0.25, -0.2) is 0 Å². The molecule has 18 heteroatoms. The van der Waals surface area contributed by atoms with Crippen molar-refractivity contribution in [1.29, 1.82) is 0 Å². The van der Waals surface area contributed by atoms with Crippen molar-refractivity contribution in [3.05, 3.63) is 0 Å². The minimum Gasteiger partial charge on any atom is -0.394 e. The highest BCUT2D eigenvalue weighted by Crippen LogP contribution is 2.39. The summed E-state index contributed by atoms with van der Waals surface area (Å²) in [5, 5.41) is 84.0. The number of rotatable bonds is 9. The van der Waals surface area contributed by atoms with Crippen LogP contribution in [0, 0.1) is 5.92 Å². The molecule has 3 aliphatic heterocycles. The molecular weight excluding hydrogens is 574 g/mol. The van der Waals surface area contributed by atoms with Crippen molar-refractivity contribution in [3.8, 4) is 0 Å². The molecule has 0 aromatic carbocycles. The molecule has 5 aliphatic rings. The lowest BCUT2D eigenvalue weighted by atomic mass is 9.71. The van der Waals surface area contributed by atoms with Crippen molar-refractivity contribution < 1.29 is 54.8 Å². The first-order chi connectivity index (χ1) is 20.3. The Bertz CT molecular complexity index is 984. The fourth-order valence-corrected chi connectivity index (χ4v) is 6.65. The molecule has 0 radical (unpaired) electrons. The van der Waals surface area contributed by atoms with E-state index in [1.807, 2.05) is 0 Å². The molecule has 0 aromatic heterocycles. The lowest BCUT2D eigenvalue weighted by Gasteiger charge is -2.53. The summed E-state index contributed by atoms with van der Waals surface area (Å²) >= 11 is 0. The van der Waals surface area contributed by atoms with Crippen LogP contribution in [0.2, 0.25) is 0 Å². The number of nitrogens with one attached hydrogen (secondary N) is 3. The Morgan fingerprint density at radius 1 is 0.977 bits per heavy atom. The molecule has 1 amide bonds. The zero-order valence-corrected chi connectivity index (χ0v) is 23.6. The smallest absolute Gasteiger partial charge is 0.253 e. The second-order valence-corrected chi connectivity index (χ2v) is 12.6. The standard InChI is InChI=1S/C25H47N7O11/c26-3-10-17(35)20(38)15(31-7-4-30-5-7)22(41-10)13-8(27)1-9(32-24(39)25(40)2-12(25)28)21(18(13)36)43-23-19(37)14(29)16(34)11(6-33)42-23/h7-23,30-31,33-38,40H,1-6,26-29H2,(H,32,39). The van der Waals surface area contributed by atoms with Gasteiger partial charge in [-0.3, -0.25) is 4.79 Å². The van der Waals surface area contributed by atoms with Crippen LogP contribution in [0.5, 0.6) is 0 Å². The molecule has 0 aromatic rings. The summed E-state index contributed by atoms with van der Waals surface area (Å²) in [5.41, 5.74) is 22.3. The first-order valence-corrected chi connectivity index (χ1v) is 14.8. The third-order valence-electron chi connectivity index (χ3n) is 9.68. The van der Waals surface area contributed by atoms with E-state index in [4.69, 9.17) is 37.1 Å². The van der Waals surface area contributed by atoms with Gasteiger partial charge in [0.2, 0.25) is 0 Å². The van der Waals surface area contributed by atoms with Crippen LogP contribution in [0.1, 0.15) is 12.8 Å². The predicted octanol–water partition coefficient (Wildman–Crippen LogP) is -8.83. The number of hydrogen-bond acceptors (Lipinski definition) is 17. The number of aliphatic hydroxyl groups is 7. The summed E-state index contributed by atoms with van der Waals surface area (Å²) in [7, 11) is 0. The third kappa shape index (κ3) is 6.18. The minimum atomic E-state index is -1.81. The van der Waals surface area contributed by atoms with Crippen molar-refractivity contribution in [2.75, 3.05) is 26.2 Å². The fraction of sp³-hybridized carbons (Fsp3) is 0.960. The Kier molecular flexibility index (Phi) is 9.97. The summed E-state index contributed by atoms with van der Waals surface area (Å²) in [6.45, 7) is 0.428. The first-order valence-electron chi connectivity index (χ1n) is 14.8. The lowest BCUT2D eigenvalue weighted by Crippen LogP contribution is -2.74. The van der Waals surface area contributed by atoms with Gasteiger partial charge in [-0.1, -0.05) is 0 Å². The van der Waals surface area contributed by atoms with Crippen LogP contribution in [0.25, 0.3) is 0 Å². The van der Waals surface area contributed by atoms with E-state index in [2.05, 4.69) is 16.0 Å². The number of carbonyl (C=O) groups is 1. The van der Waals surface area contributed by atoms with Crippen molar-refractivity contribution >= 4 is 5.91 Å². The molecule has 0 bridgehead atoms. The Morgan fingerprint density at radius 3 is 2.21 bits per heavy atom. The average Bonchev–Trinajstić information content (AvgIpc) is 3.58. The van der Waals surface area contributed by atoms with Crippen LogP contribution < -0.4 is 38.9 Å². The highest BCUT2D eigenvalue weighted by molar-refractivity contribution is 5.89. The van der Waals surface area contributed by atoms with Crippen molar-refractivity contribution in [1.82, 2.24) is 16.0 Å². The normalized spacial score (nSPS) is 52.3. The Labute approximate surface area is 248 Å². The molecule has 2 saturated carbocycles. The van der Waals surface area contributed by atoms with Gasteiger partial charge in [0.25, 0.3) is 5.91 Å². The summed E-state index contributed by atoms with van der Waals surface area (Å²) in [5.74, 6) is -1.77. The van der Waals surface area contributed by atoms with Gasteiger partial charge in [-0.2, -0.15) is 0 Å². The monoisotopic (exact) mass is 621 g/mol. The van der Waals surface area contributed by atoms with Crippen LogP contribution in [0.15, 0.2) is 0 Å². The SMILES string of the molecule is NCC1OC(C2C(N)CC(NC(=O)C3(O)CC3N)C(OC3OC(CO)C(O)C(N)C3O)C2O)C(NC2CNC2)C(O)C1O. The topological polar surface area (TPSA) is 327 Å². The highest BCUT2D eigenvalue weighted by atomic mass is 16.7. The van der Waals surface area contributed by atoms with E-state index in [1.165, 1.54) is 0 Å². The first kappa shape index (κ1) is 33.2. The number of hydrogen-bond donors (Lipinski definition) is 14. The highest BCUT2D eigenvalue weighted by Gasteiger charge is 2.60. The zero-order chi connectivity index (χ0) is 31.4. The Morgan fingerprint density at radius 2 is 1.65 bits per heavy atom. The van der Waals surface area contributed by atoms with Crippen molar-refractivity contribution in [2.45, 2.75) is 116 Å². The van der Waals surface area contributed by atoms with Crippen molar-refractivity contribution in [2.24, 2.45) is 28.9 Å². The van der Waals surface area contributed by atoms with Gasteiger partial charge in [0.05, 0.1) is 43.0 Å². The Hall–Kier alpha value is -1.17. The summed E-state index contributed by atoms with van der Waals surface area (Å²) < 4.78 is 17.8. The van der Waals surface area contributed by atoms with E-state index in [9.17, 15) is 40.5 Å². The maximum atomic E-state index is 13.0. The van der Waals surface area contributed by atoms with E-state index in [0.717, 1.165) is 0 Å². The largest absolute Gasteiger partial charge is 0.394 e.